The van der Waals surface area contributed by atoms with Crippen LogP contribution in [0, 0.1) is 18.3 Å². The highest BCUT2D eigenvalue weighted by Crippen LogP contribution is 2.42. The number of Topliss-reactive ketones (excluding diaryl/α,β-unsaturated/α-hetero) is 1. The molecule has 1 amide bonds. The number of ether oxygens (including phenoxy) is 1. The lowest BCUT2D eigenvalue weighted by molar-refractivity contribution is -0.149. The number of carbonyl (C=O) groups excluding carboxylic acids is 2. The van der Waals surface area contributed by atoms with E-state index in [0.29, 0.717) is 0 Å². The number of amides is 1. The van der Waals surface area contributed by atoms with Gasteiger partial charge in [0.15, 0.2) is 5.78 Å². The minimum atomic E-state index is -4.75. The van der Waals surface area contributed by atoms with E-state index in [2.05, 4.69) is 10.3 Å². The predicted octanol–water partition coefficient (Wildman–Crippen LogP) is 6.22. The highest BCUT2D eigenvalue weighted by Gasteiger charge is 2.42. The molecule has 1 heterocycles. The summed E-state index contributed by atoms with van der Waals surface area (Å²) < 4.78 is 85.0. The molecular formula is C27H27F6N3O3. The number of alkyl halides is 6. The van der Waals surface area contributed by atoms with E-state index in [1.165, 1.54) is 36.5 Å². The van der Waals surface area contributed by atoms with E-state index in [4.69, 9.17) is 10.00 Å². The third-order valence-corrected chi connectivity index (χ3v) is 5.67. The van der Waals surface area contributed by atoms with E-state index in [9.17, 15) is 35.9 Å². The average Bonchev–Trinajstić information content (AvgIpc) is 2.83. The number of hydrogen-bond acceptors (Lipinski definition) is 5. The van der Waals surface area contributed by atoms with Crippen LogP contribution in [0.1, 0.15) is 55.3 Å². The molecule has 2 rings (SSSR count). The van der Waals surface area contributed by atoms with Gasteiger partial charge in [0.25, 0.3) is 0 Å². The van der Waals surface area contributed by atoms with Crippen LogP contribution in [-0.4, -0.2) is 42.2 Å². The molecule has 0 aliphatic heterocycles. The van der Waals surface area contributed by atoms with Crippen LogP contribution >= 0.6 is 0 Å². The molecule has 0 fully saturated rings. The lowest BCUT2D eigenvalue weighted by atomic mass is 9.86. The largest absolute Gasteiger partial charge is 0.494 e. The Balaban J connectivity index is 2.41. The standard InChI is InChI=1S/C27H27F6N3O3/c1-17-4-9-24(35-15-17)21(22(18(2)37)16-36-25(38)10-12-34)14-23(27(31,32)33)19-5-7-20(8-6-19)39-13-3-11-26(28,29)30/h4-9,15,23H,3,10-11,13-14,16H2,1-2H3,(H,36,38)/b22-21+. The molecule has 0 bridgehead atoms. The summed E-state index contributed by atoms with van der Waals surface area (Å²) in [5, 5.41) is 11.1. The maximum atomic E-state index is 14.3. The topological polar surface area (TPSA) is 92.1 Å². The third kappa shape index (κ3) is 10.4. The molecule has 0 aliphatic carbocycles. The van der Waals surface area contributed by atoms with Gasteiger partial charge in [0.05, 0.1) is 24.3 Å². The minimum Gasteiger partial charge on any atom is -0.494 e. The summed E-state index contributed by atoms with van der Waals surface area (Å²) in [6, 6.07) is 9.57. The second kappa shape index (κ2) is 13.8. The van der Waals surface area contributed by atoms with E-state index < -0.39 is 55.8 Å². The van der Waals surface area contributed by atoms with Crippen molar-refractivity contribution in [2.24, 2.45) is 0 Å². The van der Waals surface area contributed by atoms with Gasteiger partial charge in [0, 0.05) is 24.7 Å². The smallest absolute Gasteiger partial charge is 0.396 e. The fourth-order valence-corrected chi connectivity index (χ4v) is 3.68. The number of benzene rings is 1. The Bertz CT molecular complexity index is 1200. The number of hydrogen-bond donors (Lipinski definition) is 1. The Kier molecular flexibility index (Phi) is 11.1. The number of ketones is 1. The Hall–Kier alpha value is -3.88. The summed E-state index contributed by atoms with van der Waals surface area (Å²) in [5.74, 6) is -3.24. The number of pyridine rings is 1. The predicted molar refractivity (Wildman–Crippen MR) is 130 cm³/mol. The second-order valence-corrected chi connectivity index (χ2v) is 8.78. The van der Waals surface area contributed by atoms with Gasteiger partial charge < -0.3 is 10.1 Å². The third-order valence-electron chi connectivity index (χ3n) is 5.67. The van der Waals surface area contributed by atoms with Crippen molar-refractivity contribution in [3.63, 3.8) is 0 Å². The normalized spacial score (nSPS) is 13.2. The lowest BCUT2D eigenvalue weighted by Crippen LogP contribution is -2.28. The molecular weight excluding hydrogens is 528 g/mol. The molecule has 1 atom stereocenters. The zero-order chi connectivity index (χ0) is 29.2. The van der Waals surface area contributed by atoms with Crippen LogP contribution in [0.25, 0.3) is 5.57 Å². The van der Waals surface area contributed by atoms with E-state index in [0.717, 1.165) is 12.5 Å². The monoisotopic (exact) mass is 555 g/mol. The Morgan fingerprint density at radius 2 is 1.74 bits per heavy atom. The van der Waals surface area contributed by atoms with Gasteiger partial charge in [0.2, 0.25) is 5.91 Å². The first-order valence-corrected chi connectivity index (χ1v) is 11.9. The molecule has 0 aliphatic rings. The van der Waals surface area contributed by atoms with Crippen molar-refractivity contribution in [1.82, 2.24) is 10.3 Å². The zero-order valence-electron chi connectivity index (χ0n) is 21.2. The number of allylic oxidation sites excluding steroid dienone is 1. The van der Waals surface area contributed by atoms with Gasteiger partial charge in [0.1, 0.15) is 12.2 Å². The summed E-state index contributed by atoms with van der Waals surface area (Å²) in [4.78, 5) is 28.6. The Labute approximate surface area is 221 Å². The quantitative estimate of drug-likeness (QED) is 0.191. The van der Waals surface area contributed by atoms with Crippen molar-refractivity contribution in [2.45, 2.75) is 57.8 Å². The molecule has 1 aromatic carbocycles. The van der Waals surface area contributed by atoms with E-state index >= 15 is 0 Å². The first kappa shape index (κ1) is 31.3. The number of nitriles is 1. The highest BCUT2D eigenvalue weighted by atomic mass is 19.4. The molecule has 0 radical (unpaired) electrons. The van der Waals surface area contributed by atoms with Gasteiger partial charge >= 0.3 is 12.4 Å². The van der Waals surface area contributed by atoms with Crippen LogP contribution in [-0.2, 0) is 9.59 Å². The van der Waals surface area contributed by atoms with Crippen LogP contribution in [0.2, 0.25) is 0 Å². The van der Waals surface area contributed by atoms with Crippen molar-refractivity contribution in [1.29, 1.82) is 5.26 Å². The highest BCUT2D eigenvalue weighted by molar-refractivity contribution is 6.02. The molecule has 0 saturated carbocycles. The van der Waals surface area contributed by atoms with Gasteiger partial charge in [-0.15, -0.1) is 0 Å². The van der Waals surface area contributed by atoms with Crippen LogP contribution in [0.4, 0.5) is 26.3 Å². The van der Waals surface area contributed by atoms with Crippen molar-refractivity contribution < 1.29 is 40.7 Å². The van der Waals surface area contributed by atoms with E-state index in [-0.39, 0.29) is 41.2 Å². The molecule has 1 aromatic heterocycles. The summed E-state index contributed by atoms with van der Waals surface area (Å²) in [7, 11) is 0. The van der Waals surface area contributed by atoms with Crippen LogP contribution in [0.3, 0.4) is 0 Å². The summed E-state index contributed by atoms with van der Waals surface area (Å²) in [5.41, 5.74) is 0.597. The number of nitrogens with zero attached hydrogens (tertiary/aromatic N) is 2. The van der Waals surface area contributed by atoms with Gasteiger partial charge in [-0.1, -0.05) is 18.2 Å². The molecule has 2 aromatic rings. The molecule has 1 unspecified atom stereocenters. The van der Waals surface area contributed by atoms with Crippen LogP contribution < -0.4 is 10.1 Å². The number of halogens is 6. The first-order chi connectivity index (χ1) is 18.2. The fraction of sp³-hybridized carbons (Fsp3) is 0.407. The number of aryl methyl sites for hydroxylation is 1. The van der Waals surface area contributed by atoms with Crippen LogP contribution in [0.15, 0.2) is 48.2 Å². The number of aromatic nitrogens is 1. The molecule has 210 valence electrons. The SMILES string of the molecule is CC(=O)/C(CNC(=O)CC#N)=C(\CC(c1ccc(OCCCC(F)(F)F)cc1)C(F)(F)F)c1ccc(C)cn1. The van der Waals surface area contributed by atoms with Gasteiger partial charge in [-0.2, -0.15) is 31.6 Å². The number of nitrogens with one attached hydrogen (secondary N) is 1. The first-order valence-electron chi connectivity index (χ1n) is 11.9. The number of carbonyl (C=O) groups is 2. The van der Waals surface area contributed by atoms with Gasteiger partial charge in [-0.3, -0.25) is 14.6 Å². The maximum absolute atomic E-state index is 14.3. The maximum Gasteiger partial charge on any atom is 0.396 e. The second-order valence-electron chi connectivity index (χ2n) is 8.78. The van der Waals surface area contributed by atoms with Crippen molar-refractivity contribution in [2.75, 3.05) is 13.2 Å². The van der Waals surface area contributed by atoms with Gasteiger partial charge in [-0.25, -0.2) is 0 Å². The minimum absolute atomic E-state index is 0.0189. The summed E-state index contributed by atoms with van der Waals surface area (Å²) >= 11 is 0. The lowest BCUT2D eigenvalue weighted by Gasteiger charge is -2.24. The average molecular weight is 556 g/mol. The van der Waals surface area contributed by atoms with Crippen molar-refractivity contribution >= 4 is 17.3 Å². The summed E-state index contributed by atoms with van der Waals surface area (Å²) in [6.45, 7) is 2.25. The van der Waals surface area contributed by atoms with E-state index in [1.54, 1.807) is 19.1 Å². The van der Waals surface area contributed by atoms with Crippen molar-refractivity contribution in [3.05, 3.63) is 65.0 Å². The van der Waals surface area contributed by atoms with Crippen molar-refractivity contribution in [3.8, 4) is 11.8 Å². The fourth-order valence-electron chi connectivity index (χ4n) is 3.68. The van der Waals surface area contributed by atoms with Crippen LogP contribution in [0.5, 0.6) is 5.75 Å². The zero-order valence-corrected chi connectivity index (χ0v) is 21.2. The molecule has 6 nitrogen and oxygen atoms in total. The molecule has 39 heavy (non-hydrogen) atoms. The van der Waals surface area contributed by atoms with E-state index in [1.807, 2.05) is 0 Å². The van der Waals surface area contributed by atoms with Gasteiger partial charge in [-0.05, 0) is 61.6 Å². The molecule has 1 N–H and O–H groups in total. The summed E-state index contributed by atoms with van der Waals surface area (Å²) in [6.07, 6.45) is -10.2. The molecule has 12 heteroatoms. The Morgan fingerprint density at radius 3 is 2.26 bits per heavy atom. The molecule has 0 spiro atoms. The molecule has 0 saturated heterocycles. The Morgan fingerprint density at radius 1 is 1.08 bits per heavy atom. The number of rotatable bonds is 12.